The highest BCUT2D eigenvalue weighted by Crippen LogP contribution is 2.25. The number of carboxylic acid groups (broad SMARTS) is 1. The fourth-order valence-electron chi connectivity index (χ4n) is 1.25. The molecule has 1 aromatic carbocycles. The Labute approximate surface area is 117 Å². The van der Waals surface area contributed by atoms with E-state index in [0.717, 1.165) is 11.3 Å². The molecule has 2 aromatic rings. The van der Waals surface area contributed by atoms with Gasteiger partial charge in [0.25, 0.3) is 10.0 Å². The van der Waals surface area contributed by atoms with Gasteiger partial charge in [0.1, 0.15) is 4.34 Å². The van der Waals surface area contributed by atoms with Gasteiger partial charge in [-0.3, -0.25) is 4.72 Å². The minimum absolute atomic E-state index is 0.0104. The van der Waals surface area contributed by atoms with Crippen molar-refractivity contribution >= 4 is 44.1 Å². The molecule has 0 fully saturated rings. The summed E-state index contributed by atoms with van der Waals surface area (Å²) in [7, 11) is -3.80. The SMILES string of the molecule is O=C(O)c1ccc(S(=O)(=O)Nc2ncc(Cl)s2)cc1. The lowest BCUT2D eigenvalue weighted by Crippen LogP contribution is -2.12. The highest BCUT2D eigenvalue weighted by molar-refractivity contribution is 7.93. The zero-order valence-electron chi connectivity index (χ0n) is 9.20. The van der Waals surface area contributed by atoms with Crippen molar-refractivity contribution in [2.45, 2.75) is 4.90 Å². The second-order valence-corrected chi connectivity index (χ2v) is 6.75. The highest BCUT2D eigenvalue weighted by Gasteiger charge is 2.16. The van der Waals surface area contributed by atoms with Gasteiger partial charge in [-0.1, -0.05) is 22.9 Å². The number of carbonyl (C=O) groups is 1. The summed E-state index contributed by atoms with van der Waals surface area (Å²) >= 11 is 6.63. The van der Waals surface area contributed by atoms with Crippen LogP contribution in [0.5, 0.6) is 0 Å². The molecule has 100 valence electrons. The quantitative estimate of drug-likeness (QED) is 0.901. The number of rotatable bonds is 4. The van der Waals surface area contributed by atoms with Crippen molar-refractivity contribution in [3.63, 3.8) is 0 Å². The molecule has 9 heteroatoms. The van der Waals surface area contributed by atoms with E-state index in [1.807, 2.05) is 0 Å². The first-order valence-corrected chi connectivity index (χ1v) is 7.54. The molecule has 0 aliphatic heterocycles. The van der Waals surface area contributed by atoms with Gasteiger partial charge >= 0.3 is 5.97 Å². The van der Waals surface area contributed by atoms with E-state index >= 15 is 0 Å². The van der Waals surface area contributed by atoms with Crippen molar-refractivity contribution in [3.05, 3.63) is 40.4 Å². The van der Waals surface area contributed by atoms with E-state index in [1.54, 1.807) is 0 Å². The number of aromatic carboxylic acids is 1. The van der Waals surface area contributed by atoms with Crippen LogP contribution < -0.4 is 4.72 Å². The summed E-state index contributed by atoms with van der Waals surface area (Å²) in [6, 6.07) is 4.85. The van der Waals surface area contributed by atoms with Gasteiger partial charge in [-0.2, -0.15) is 0 Å². The fourth-order valence-corrected chi connectivity index (χ4v) is 3.31. The third-order valence-electron chi connectivity index (χ3n) is 2.11. The van der Waals surface area contributed by atoms with E-state index in [0.29, 0.717) is 4.34 Å². The molecule has 0 saturated heterocycles. The van der Waals surface area contributed by atoms with Crippen LogP contribution >= 0.6 is 22.9 Å². The van der Waals surface area contributed by atoms with Crippen LogP contribution in [0.3, 0.4) is 0 Å². The van der Waals surface area contributed by atoms with E-state index in [9.17, 15) is 13.2 Å². The monoisotopic (exact) mass is 318 g/mol. The van der Waals surface area contributed by atoms with Gasteiger partial charge < -0.3 is 5.11 Å². The number of carboxylic acids is 1. The van der Waals surface area contributed by atoms with Crippen molar-refractivity contribution in [2.24, 2.45) is 0 Å². The standard InChI is InChI=1S/C10H7ClN2O4S2/c11-8-5-12-10(18-8)13-19(16,17)7-3-1-6(2-4-7)9(14)15/h1-5H,(H,12,13)(H,14,15). The molecule has 0 bridgehead atoms. The second kappa shape index (κ2) is 5.16. The van der Waals surface area contributed by atoms with Crippen LogP contribution in [0.4, 0.5) is 5.13 Å². The first-order valence-electron chi connectivity index (χ1n) is 4.86. The van der Waals surface area contributed by atoms with E-state index in [-0.39, 0.29) is 15.6 Å². The number of nitrogens with one attached hydrogen (secondary N) is 1. The number of hydrogen-bond donors (Lipinski definition) is 2. The molecular formula is C10H7ClN2O4S2. The van der Waals surface area contributed by atoms with Crippen LogP contribution in [0.15, 0.2) is 35.4 Å². The molecule has 1 aromatic heterocycles. The molecule has 19 heavy (non-hydrogen) atoms. The molecular weight excluding hydrogens is 312 g/mol. The molecule has 2 N–H and O–H groups in total. The van der Waals surface area contributed by atoms with Crippen LogP contribution in [0.1, 0.15) is 10.4 Å². The van der Waals surface area contributed by atoms with Crippen LogP contribution in [-0.4, -0.2) is 24.5 Å². The number of benzene rings is 1. The Morgan fingerprint density at radius 2 is 1.95 bits per heavy atom. The molecule has 0 spiro atoms. The van der Waals surface area contributed by atoms with Crippen LogP contribution in [-0.2, 0) is 10.0 Å². The first kappa shape index (κ1) is 13.8. The predicted octanol–water partition coefficient (Wildman–Crippen LogP) is 2.30. The minimum atomic E-state index is -3.80. The maximum absolute atomic E-state index is 12.0. The maximum atomic E-state index is 12.0. The van der Waals surface area contributed by atoms with Gasteiger partial charge in [0, 0.05) is 0 Å². The summed E-state index contributed by atoms with van der Waals surface area (Å²) < 4.78 is 26.5. The number of nitrogens with zero attached hydrogens (tertiary/aromatic N) is 1. The van der Waals surface area contributed by atoms with E-state index in [2.05, 4.69) is 9.71 Å². The lowest BCUT2D eigenvalue weighted by Gasteiger charge is -2.05. The summed E-state index contributed by atoms with van der Waals surface area (Å²) in [6.45, 7) is 0. The van der Waals surface area contributed by atoms with Gasteiger partial charge in [0.15, 0.2) is 5.13 Å². The largest absolute Gasteiger partial charge is 0.478 e. The van der Waals surface area contributed by atoms with Crippen molar-refractivity contribution in [3.8, 4) is 0 Å². The number of thiazole rings is 1. The van der Waals surface area contributed by atoms with Gasteiger partial charge in [-0.05, 0) is 24.3 Å². The molecule has 0 atom stereocenters. The van der Waals surface area contributed by atoms with Gasteiger partial charge in [-0.25, -0.2) is 18.2 Å². The lowest BCUT2D eigenvalue weighted by molar-refractivity contribution is 0.0697. The molecule has 0 saturated carbocycles. The van der Waals surface area contributed by atoms with Gasteiger partial charge in [0.2, 0.25) is 0 Å². The summed E-state index contributed by atoms with van der Waals surface area (Å²) in [5, 5.41) is 8.87. The Morgan fingerprint density at radius 3 is 2.42 bits per heavy atom. The minimum Gasteiger partial charge on any atom is -0.478 e. The van der Waals surface area contributed by atoms with Gasteiger partial charge in [0.05, 0.1) is 16.7 Å². The van der Waals surface area contributed by atoms with Gasteiger partial charge in [-0.15, -0.1) is 0 Å². The van der Waals surface area contributed by atoms with E-state index in [4.69, 9.17) is 16.7 Å². The van der Waals surface area contributed by atoms with Crippen LogP contribution in [0, 0.1) is 0 Å². The van der Waals surface area contributed by atoms with Crippen molar-refractivity contribution in [1.82, 2.24) is 4.98 Å². The third kappa shape index (κ3) is 3.22. The smallest absolute Gasteiger partial charge is 0.335 e. The molecule has 0 amide bonds. The molecule has 0 unspecified atom stereocenters. The Hall–Kier alpha value is -1.64. The Morgan fingerprint density at radius 1 is 1.32 bits per heavy atom. The average molecular weight is 319 g/mol. The van der Waals surface area contributed by atoms with Crippen LogP contribution in [0.25, 0.3) is 0 Å². The molecule has 0 radical (unpaired) electrons. The summed E-state index contributed by atoms with van der Waals surface area (Å²) in [5.41, 5.74) is 0.0104. The summed E-state index contributed by atoms with van der Waals surface area (Å²) in [6.07, 6.45) is 1.33. The molecule has 2 rings (SSSR count). The predicted molar refractivity (Wildman–Crippen MR) is 71.3 cm³/mol. The number of sulfonamides is 1. The summed E-state index contributed by atoms with van der Waals surface area (Å²) in [5.74, 6) is -1.12. The number of hydrogen-bond acceptors (Lipinski definition) is 5. The van der Waals surface area contributed by atoms with Crippen molar-refractivity contribution in [1.29, 1.82) is 0 Å². The Bertz CT molecular complexity index is 709. The fraction of sp³-hybridized carbons (Fsp3) is 0. The topological polar surface area (TPSA) is 96.4 Å². The first-order chi connectivity index (χ1) is 8.88. The van der Waals surface area contributed by atoms with E-state index < -0.39 is 16.0 Å². The van der Waals surface area contributed by atoms with Crippen molar-refractivity contribution < 1.29 is 18.3 Å². The number of anilines is 1. The van der Waals surface area contributed by atoms with Crippen LogP contribution in [0.2, 0.25) is 4.34 Å². The van der Waals surface area contributed by atoms with E-state index in [1.165, 1.54) is 30.5 Å². The summed E-state index contributed by atoms with van der Waals surface area (Å²) in [4.78, 5) is 14.4. The zero-order valence-corrected chi connectivity index (χ0v) is 11.6. The Kier molecular flexibility index (Phi) is 3.74. The average Bonchev–Trinajstić information content (AvgIpc) is 2.74. The maximum Gasteiger partial charge on any atom is 0.335 e. The zero-order chi connectivity index (χ0) is 14.0. The number of aromatic nitrogens is 1. The number of halogens is 1. The third-order valence-corrected chi connectivity index (χ3v) is 4.63. The molecule has 1 heterocycles. The lowest BCUT2D eigenvalue weighted by atomic mass is 10.2. The second-order valence-electron chi connectivity index (χ2n) is 3.40. The molecule has 0 aliphatic carbocycles. The van der Waals surface area contributed by atoms with Crippen molar-refractivity contribution in [2.75, 3.05) is 4.72 Å². The molecule has 6 nitrogen and oxygen atoms in total. The molecule has 0 aliphatic rings. The highest BCUT2D eigenvalue weighted by atomic mass is 35.5. The Balaban J connectivity index is 2.26. The normalized spacial score (nSPS) is 11.2.